The molecule has 2 rings (SSSR count). The van der Waals surface area contributed by atoms with Crippen LogP contribution < -0.4 is 11.5 Å². The third-order valence-electron chi connectivity index (χ3n) is 3.89. The first-order valence-electron chi connectivity index (χ1n) is 7.26. The highest BCUT2D eigenvalue weighted by atomic mass is 16.5. The zero-order chi connectivity index (χ0) is 16.2. The molecule has 2 aromatic carbocycles. The van der Waals surface area contributed by atoms with Crippen LogP contribution in [0.5, 0.6) is 0 Å². The van der Waals surface area contributed by atoms with Crippen LogP contribution in [0.25, 0.3) is 0 Å². The number of carbonyl (C=O) groups excluding carboxylic acids is 1. The summed E-state index contributed by atoms with van der Waals surface area (Å²) >= 11 is 0. The molecule has 0 fully saturated rings. The molecule has 0 amide bonds. The number of esters is 1. The first kappa shape index (κ1) is 16.2. The van der Waals surface area contributed by atoms with Gasteiger partial charge in [-0.15, -0.1) is 0 Å². The summed E-state index contributed by atoms with van der Waals surface area (Å²) in [4.78, 5) is 11.5. The van der Waals surface area contributed by atoms with Crippen molar-refractivity contribution in [2.24, 2.45) is 11.5 Å². The average molecular weight is 298 g/mol. The van der Waals surface area contributed by atoms with Crippen LogP contribution in [-0.2, 0) is 15.2 Å². The predicted molar refractivity (Wildman–Crippen MR) is 87.1 cm³/mol. The summed E-state index contributed by atoms with van der Waals surface area (Å²) in [5, 5.41) is 0. The predicted octanol–water partition coefficient (Wildman–Crippen LogP) is 2.47. The van der Waals surface area contributed by atoms with Gasteiger partial charge in [-0.1, -0.05) is 61.5 Å². The molecule has 4 N–H and O–H groups in total. The largest absolute Gasteiger partial charge is 0.469 e. The van der Waals surface area contributed by atoms with Gasteiger partial charge in [0.15, 0.2) is 0 Å². The normalized spacial score (nSPS) is 12.7. The number of benzene rings is 2. The number of methoxy groups -OCH3 is 1. The van der Waals surface area contributed by atoms with E-state index in [4.69, 9.17) is 16.2 Å². The van der Waals surface area contributed by atoms with Crippen LogP contribution in [0.15, 0.2) is 54.6 Å². The third kappa shape index (κ3) is 3.35. The van der Waals surface area contributed by atoms with Crippen LogP contribution in [0.3, 0.4) is 0 Å². The summed E-state index contributed by atoms with van der Waals surface area (Å²) in [6, 6.07) is 17.2. The Morgan fingerprint density at radius 2 is 1.68 bits per heavy atom. The fraction of sp³-hybridized carbons (Fsp3) is 0.278. The Morgan fingerprint density at radius 3 is 2.32 bits per heavy atom. The van der Waals surface area contributed by atoms with Crippen LogP contribution in [0.2, 0.25) is 0 Å². The van der Waals surface area contributed by atoms with Crippen molar-refractivity contribution in [2.75, 3.05) is 7.11 Å². The van der Waals surface area contributed by atoms with Gasteiger partial charge in [-0.3, -0.25) is 4.79 Å². The Bertz CT molecular complexity index is 639. The molecule has 0 aliphatic heterocycles. The number of ether oxygens (including phenoxy) is 1. The van der Waals surface area contributed by atoms with E-state index < -0.39 is 5.66 Å². The first-order chi connectivity index (χ1) is 10.5. The Morgan fingerprint density at radius 1 is 1.09 bits per heavy atom. The topological polar surface area (TPSA) is 78.3 Å². The molecule has 0 aliphatic carbocycles. The molecule has 0 aliphatic rings. The van der Waals surface area contributed by atoms with E-state index in [1.54, 1.807) is 0 Å². The molecule has 0 saturated heterocycles. The number of nitrogens with two attached hydrogens (primary N) is 2. The van der Waals surface area contributed by atoms with Crippen LogP contribution >= 0.6 is 0 Å². The van der Waals surface area contributed by atoms with Gasteiger partial charge in [-0.2, -0.15) is 0 Å². The minimum absolute atomic E-state index is 0.0289. The highest BCUT2D eigenvalue weighted by Gasteiger charge is 2.28. The molecular weight excluding hydrogens is 276 g/mol. The van der Waals surface area contributed by atoms with E-state index in [-0.39, 0.29) is 11.9 Å². The van der Waals surface area contributed by atoms with E-state index in [1.807, 2.05) is 61.5 Å². The summed E-state index contributed by atoms with van der Waals surface area (Å²) < 4.78 is 4.75. The van der Waals surface area contributed by atoms with Crippen LogP contribution in [0.1, 0.15) is 36.0 Å². The van der Waals surface area contributed by atoms with E-state index in [9.17, 15) is 4.79 Å². The second-order valence-electron chi connectivity index (χ2n) is 5.50. The smallest absolute Gasteiger partial charge is 0.306 e. The van der Waals surface area contributed by atoms with Crippen molar-refractivity contribution in [3.05, 3.63) is 71.3 Å². The Labute approximate surface area is 131 Å². The Kier molecular flexibility index (Phi) is 4.96. The minimum Gasteiger partial charge on any atom is -0.469 e. The minimum atomic E-state index is -1.11. The zero-order valence-corrected chi connectivity index (χ0v) is 13.0. The fourth-order valence-electron chi connectivity index (χ4n) is 2.62. The van der Waals surface area contributed by atoms with Gasteiger partial charge < -0.3 is 16.2 Å². The highest BCUT2D eigenvalue weighted by molar-refractivity contribution is 5.70. The molecule has 4 nitrogen and oxygen atoms in total. The van der Waals surface area contributed by atoms with Crippen molar-refractivity contribution in [1.82, 2.24) is 0 Å². The molecule has 0 spiro atoms. The second kappa shape index (κ2) is 6.73. The molecule has 0 saturated carbocycles. The molecule has 4 heteroatoms. The first-order valence-corrected chi connectivity index (χ1v) is 7.26. The van der Waals surface area contributed by atoms with Gasteiger partial charge in [0, 0.05) is 0 Å². The van der Waals surface area contributed by atoms with Crippen molar-refractivity contribution in [1.29, 1.82) is 0 Å². The maximum absolute atomic E-state index is 11.5. The van der Waals surface area contributed by atoms with Crippen molar-refractivity contribution in [3.8, 4) is 0 Å². The molecule has 0 heterocycles. The fourth-order valence-corrected chi connectivity index (χ4v) is 2.62. The van der Waals surface area contributed by atoms with Crippen LogP contribution in [-0.4, -0.2) is 13.1 Å². The van der Waals surface area contributed by atoms with Crippen molar-refractivity contribution in [3.63, 3.8) is 0 Å². The molecule has 1 atom stereocenters. The van der Waals surface area contributed by atoms with Crippen molar-refractivity contribution in [2.45, 2.75) is 24.9 Å². The van der Waals surface area contributed by atoms with Crippen LogP contribution in [0.4, 0.5) is 0 Å². The molecular formula is C18H22N2O2. The maximum atomic E-state index is 11.5. The lowest BCUT2D eigenvalue weighted by molar-refractivity contribution is -0.140. The monoisotopic (exact) mass is 298 g/mol. The van der Waals surface area contributed by atoms with E-state index in [0.717, 1.165) is 16.7 Å². The molecule has 0 radical (unpaired) electrons. The molecule has 0 bridgehead atoms. The van der Waals surface area contributed by atoms with E-state index in [1.165, 1.54) is 7.11 Å². The van der Waals surface area contributed by atoms with Gasteiger partial charge in [0.1, 0.15) is 5.66 Å². The summed E-state index contributed by atoms with van der Waals surface area (Å²) in [5.41, 5.74) is 14.3. The number of hydrogen-bond acceptors (Lipinski definition) is 4. The lowest BCUT2D eigenvalue weighted by Gasteiger charge is -2.29. The van der Waals surface area contributed by atoms with Crippen LogP contribution in [0, 0.1) is 0 Å². The lowest BCUT2D eigenvalue weighted by Crippen LogP contribution is -2.47. The van der Waals surface area contributed by atoms with E-state index in [2.05, 4.69) is 0 Å². The SMILES string of the molecule is COC(=O)CC(C)c1ccccc1C(N)(N)c1ccccc1. The van der Waals surface area contributed by atoms with E-state index >= 15 is 0 Å². The average Bonchev–Trinajstić information content (AvgIpc) is 2.55. The van der Waals surface area contributed by atoms with Crippen molar-refractivity contribution >= 4 is 5.97 Å². The maximum Gasteiger partial charge on any atom is 0.306 e. The summed E-state index contributed by atoms with van der Waals surface area (Å²) in [7, 11) is 1.39. The number of hydrogen-bond donors (Lipinski definition) is 2. The summed E-state index contributed by atoms with van der Waals surface area (Å²) in [5.74, 6) is -0.277. The quantitative estimate of drug-likeness (QED) is 0.656. The molecule has 2 aromatic rings. The number of rotatable bonds is 5. The molecule has 0 aromatic heterocycles. The van der Waals surface area contributed by atoms with Gasteiger partial charge in [-0.25, -0.2) is 0 Å². The standard InChI is InChI=1S/C18H22N2O2/c1-13(12-17(21)22-2)15-10-6-7-11-16(15)18(19,20)14-8-4-3-5-9-14/h3-11,13H,12,19-20H2,1-2H3. The molecule has 22 heavy (non-hydrogen) atoms. The van der Waals surface area contributed by atoms with Crippen molar-refractivity contribution < 1.29 is 9.53 Å². The van der Waals surface area contributed by atoms with Gasteiger partial charge in [0.05, 0.1) is 13.5 Å². The zero-order valence-electron chi connectivity index (χ0n) is 13.0. The molecule has 1 unspecified atom stereocenters. The number of carbonyl (C=O) groups is 1. The van der Waals surface area contributed by atoms with E-state index in [0.29, 0.717) is 6.42 Å². The summed E-state index contributed by atoms with van der Waals surface area (Å²) in [6.45, 7) is 1.97. The van der Waals surface area contributed by atoms with Gasteiger partial charge in [-0.05, 0) is 22.6 Å². The second-order valence-corrected chi connectivity index (χ2v) is 5.50. The van der Waals surface area contributed by atoms with Gasteiger partial charge in [0.2, 0.25) is 0 Å². The van der Waals surface area contributed by atoms with Gasteiger partial charge in [0.25, 0.3) is 0 Å². The highest BCUT2D eigenvalue weighted by Crippen LogP contribution is 2.31. The third-order valence-corrected chi connectivity index (χ3v) is 3.89. The summed E-state index contributed by atoms with van der Waals surface area (Å²) in [6.07, 6.45) is 0.290. The Balaban J connectivity index is 2.42. The van der Waals surface area contributed by atoms with Gasteiger partial charge >= 0.3 is 5.97 Å². The molecule has 116 valence electrons. The lowest BCUT2D eigenvalue weighted by atomic mass is 9.84. The Hall–Kier alpha value is -2.17.